The van der Waals surface area contributed by atoms with E-state index in [-0.39, 0.29) is 12.2 Å². The summed E-state index contributed by atoms with van der Waals surface area (Å²) < 4.78 is 0. The molecule has 0 aromatic carbocycles. The van der Waals surface area contributed by atoms with E-state index in [4.69, 9.17) is 0 Å². The van der Waals surface area contributed by atoms with Crippen LogP contribution in [0.1, 0.15) is 72.6 Å². The molecule has 0 aromatic heterocycles. The second kappa shape index (κ2) is 6.93. The van der Waals surface area contributed by atoms with Crippen molar-refractivity contribution in [3.05, 3.63) is 0 Å². The molecule has 3 unspecified atom stereocenters. The Morgan fingerprint density at radius 3 is 2.45 bits per heavy atom. The molecule has 0 radical (unpaired) electrons. The average molecular weight is 280 g/mol. The molecule has 0 aromatic rings. The molecule has 2 fully saturated rings. The molecule has 1 saturated carbocycles. The second-order valence-corrected chi connectivity index (χ2v) is 7.14. The summed E-state index contributed by atoms with van der Waals surface area (Å²) in [6, 6.07) is 0.519. The molecule has 1 aliphatic heterocycles. The van der Waals surface area contributed by atoms with Crippen LogP contribution in [-0.4, -0.2) is 29.1 Å². The van der Waals surface area contributed by atoms with Gasteiger partial charge in [0.15, 0.2) is 0 Å². The minimum atomic E-state index is 0.0667. The lowest BCUT2D eigenvalue weighted by Crippen LogP contribution is -2.45. The third kappa shape index (κ3) is 3.75. The Bertz CT molecular complexity index is 325. The number of amides is 1. The van der Waals surface area contributed by atoms with Crippen LogP contribution in [0.25, 0.3) is 0 Å². The predicted octanol–water partition coefficient (Wildman–Crippen LogP) is 3.54. The van der Waals surface area contributed by atoms with Crippen molar-refractivity contribution in [1.82, 2.24) is 10.2 Å². The summed E-state index contributed by atoms with van der Waals surface area (Å²) >= 11 is 0. The van der Waals surface area contributed by atoms with Crippen molar-refractivity contribution in [2.24, 2.45) is 11.8 Å². The zero-order valence-corrected chi connectivity index (χ0v) is 13.7. The number of carbonyl (C=O) groups is 1. The van der Waals surface area contributed by atoms with Gasteiger partial charge in [-0.3, -0.25) is 10.1 Å². The Labute approximate surface area is 124 Å². The van der Waals surface area contributed by atoms with Gasteiger partial charge in [-0.25, -0.2) is 0 Å². The van der Waals surface area contributed by atoms with Crippen LogP contribution in [0.4, 0.5) is 0 Å². The average Bonchev–Trinajstić information content (AvgIpc) is 3.15. The molecule has 3 heteroatoms. The zero-order chi connectivity index (χ0) is 14.7. The minimum absolute atomic E-state index is 0.0667. The Kier molecular flexibility index (Phi) is 5.48. The lowest BCUT2D eigenvalue weighted by atomic mass is 10.0. The highest BCUT2D eigenvalue weighted by molar-refractivity contribution is 5.84. The van der Waals surface area contributed by atoms with Crippen LogP contribution in [0.2, 0.25) is 0 Å². The number of nitrogens with zero attached hydrogens (tertiary/aromatic N) is 1. The molecule has 1 saturated heterocycles. The van der Waals surface area contributed by atoms with Crippen LogP contribution >= 0.6 is 0 Å². The van der Waals surface area contributed by atoms with Crippen LogP contribution in [0.15, 0.2) is 0 Å². The first-order valence-corrected chi connectivity index (χ1v) is 8.65. The van der Waals surface area contributed by atoms with Crippen LogP contribution in [0.5, 0.6) is 0 Å². The largest absolute Gasteiger partial charge is 0.323 e. The number of hydrogen-bond acceptors (Lipinski definition) is 2. The highest BCUT2D eigenvalue weighted by Crippen LogP contribution is 2.37. The van der Waals surface area contributed by atoms with Crippen LogP contribution in [-0.2, 0) is 4.79 Å². The third-order valence-electron chi connectivity index (χ3n) is 4.72. The molecular formula is C17H32N2O. The van der Waals surface area contributed by atoms with Crippen molar-refractivity contribution in [1.29, 1.82) is 0 Å². The summed E-state index contributed by atoms with van der Waals surface area (Å²) in [4.78, 5) is 15.0. The van der Waals surface area contributed by atoms with Gasteiger partial charge in [0.1, 0.15) is 0 Å². The van der Waals surface area contributed by atoms with E-state index in [0.29, 0.717) is 17.9 Å². The maximum absolute atomic E-state index is 12.8. The number of rotatable bonds is 8. The Balaban J connectivity index is 2.07. The summed E-state index contributed by atoms with van der Waals surface area (Å²) in [7, 11) is 0. The zero-order valence-electron chi connectivity index (χ0n) is 13.7. The van der Waals surface area contributed by atoms with E-state index < -0.39 is 0 Å². The fraction of sp³-hybridized carbons (Fsp3) is 0.941. The minimum Gasteiger partial charge on any atom is -0.323 e. The van der Waals surface area contributed by atoms with Gasteiger partial charge < -0.3 is 4.90 Å². The number of nitrogens with one attached hydrogen (secondary N) is 1. The molecule has 116 valence electrons. The topological polar surface area (TPSA) is 32.3 Å². The van der Waals surface area contributed by atoms with Gasteiger partial charge in [-0.05, 0) is 37.5 Å². The summed E-state index contributed by atoms with van der Waals surface area (Å²) in [5.41, 5.74) is 0. The third-order valence-corrected chi connectivity index (χ3v) is 4.72. The van der Waals surface area contributed by atoms with Gasteiger partial charge >= 0.3 is 0 Å². The molecule has 1 heterocycles. The quantitative estimate of drug-likeness (QED) is 0.737. The summed E-state index contributed by atoms with van der Waals surface area (Å²) in [5.74, 6) is 1.88. The van der Waals surface area contributed by atoms with E-state index in [1.165, 1.54) is 19.3 Å². The fourth-order valence-electron chi connectivity index (χ4n) is 3.49. The Hall–Kier alpha value is -0.570. The summed E-state index contributed by atoms with van der Waals surface area (Å²) in [5, 5.41) is 3.61. The normalized spacial score (nSPS) is 28.4. The van der Waals surface area contributed by atoms with Gasteiger partial charge in [0.25, 0.3) is 0 Å². The van der Waals surface area contributed by atoms with Crippen LogP contribution < -0.4 is 5.32 Å². The molecule has 1 N–H and O–H groups in total. The van der Waals surface area contributed by atoms with E-state index in [1.807, 2.05) is 0 Å². The van der Waals surface area contributed by atoms with E-state index in [1.54, 1.807) is 0 Å². The first kappa shape index (κ1) is 15.8. The van der Waals surface area contributed by atoms with Gasteiger partial charge in [-0.15, -0.1) is 0 Å². The summed E-state index contributed by atoms with van der Waals surface area (Å²) in [6.07, 6.45) is 8.46. The monoisotopic (exact) mass is 280 g/mol. The van der Waals surface area contributed by atoms with Crippen LogP contribution in [0.3, 0.4) is 0 Å². The highest BCUT2D eigenvalue weighted by atomic mass is 16.2. The second-order valence-electron chi connectivity index (χ2n) is 7.14. The van der Waals surface area contributed by atoms with Crippen molar-refractivity contribution >= 4 is 5.91 Å². The first-order valence-electron chi connectivity index (χ1n) is 8.65. The van der Waals surface area contributed by atoms with Crippen molar-refractivity contribution < 1.29 is 4.79 Å². The standard InChI is InChI=1S/C17H32N2O/c1-5-7-15-17(20)19(16(18-15)10-12(3)4)14(6-2)11-13-8-9-13/h12-16,18H,5-11H2,1-4H3. The molecule has 1 aliphatic carbocycles. The Morgan fingerprint density at radius 1 is 1.25 bits per heavy atom. The molecule has 2 rings (SSSR count). The van der Waals surface area contributed by atoms with E-state index >= 15 is 0 Å². The number of hydrogen-bond donors (Lipinski definition) is 1. The fourth-order valence-corrected chi connectivity index (χ4v) is 3.49. The lowest BCUT2D eigenvalue weighted by Gasteiger charge is -2.33. The van der Waals surface area contributed by atoms with Crippen molar-refractivity contribution in [2.75, 3.05) is 0 Å². The molecule has 2 aliphatic rings. The smallest absolute Gasteiger partial charge is 0.241 e. The van der Waals surface area contributed by atoms with Crippen molar-refractivity contribution in [3.8, 4) is 0 Å². The SMILES string of the molecule is CCCC1NC(CC(C)C)N(C(CC)CC2CC2)C1=O. The number of carbonyl (C=O) groups excluding carboxylic acids is 1. The molecule has 1 amide bonds. The molecule has 0 bridgehead atoms. The van der Waals surface area contributed by atoms with Gasteiger partial charge in [0.2, 0.25) is 5.91 Å². The molecule has 0 spiro atoms. The molecular weight excluding hydrogens is 248 g/mol. The van der Waals surface area contributed by atoms with E-state index in [0.717, 1.165) is 31.6 Å². The van der Waals surface area contributed by atoms with E-state index in [9.17, 15) is 4.79 Å². The van der Waals surface area contributed by atoms with Crippen molar-refractivity contribution in [2.45, 2.75) is 90.9 Å². The van der Waals surface area contributed by atoms with Crippen molar-refractivity contribution in [3.63, 3.8) is 0 Å². The van der Waals surface area contributed by atoms with Crippen LogP contribution in [0, 0.1) is 11.8 Å². The maximum atomic E-state index is 12.8. The molecule has 20 heavy (non-hydrogen) atoms. The highest BCUT2D eigenvalue weighted by Gasteiger charge is 2.42. The first-order chi connectivity index (χ1) is 9.56. The van der Waals surface area contributed by atoms with Gasteiger partial charge in [-0.2, -0.15) is 0 Å². The van der Waals surface area contributed by atoms with Gasteiger partial charge in [0, 0.05) is 6.04 Å². The van der Waals surface area contributed by atoms with Gasteiger partial charge in [0.05, 0.1) is 12.2 Å². The molecule has 3 atom stereocenters. The summed E-state index contributed by atoms with van der Waals surface area (Å²) in [6.45, 7) is 8.90. The lowest BCUT2D eigenvalue weighted by molar-refractivity contribution is -0.132. The Morgan fingerprint density at radius 2 is 1.95 bits per heavy atom. The van der Waals surface area contributed by atoms with Gasteiger partial charge in [-0.1, -0.05) is 47.0 Å². The molecule has 3 nitrogen and oxygen atoms in total. The maximum Gasteiger partial charge on any atom is 0.241 e. The van der Waals surface area contributed by atoms with E-state index in [2.05, 4.69) is 37.9 Å². The predicted molar refractivity (Wildman–Crippen MR) is 83.3 cm³/mol.